The number of esters is 8. The Balaban J connectivity index is 2.12. The molecule has 2 aromatic rings. The SMILES string of the molecule is CC(=O)OC[C@H]1O[C@@H](n2c(S[C@@H]3O[C@H](COC(C)=O)[C@@H](OC(C)=O)[C@H](OC(C)=O)[C@H]3OC(C)=O)nc(=O)c(C#N)c2-c2ccccc2)[C@H](OC(C)=O)[C@@H](OC(C)=O)[C@@H]1OC(C)=O. The average Bonchev–Trinajstić information content (AvgIpc) is 3.16. The largest absolute Gasteiger partial charge is 0.463 e. The van der Waals surface area contributed by atoms with Crippen LogP contribution in [0.4, 0.5) is 0 Å². The molecule has 22 nitrogen and oxygen atoms in total. The quantitative estimate of drug-likeness (QED) is 0.146. The highest BCUT2D eigenvalue weighted by molar-refractivity contribution is 7.99. The smallest absolute Gasteiger partial charge is 0.303 e. The summed E-state index contributed by atoms with van der Waals surface area (Å²) in [5.41, 5.74) is -3.41. The van der Waals surface area contributed by atoms with Crippen molar-refractivity contribution in [2.45, 2.75) is 121 Å². The second kappa shape index (κ2) is 21.4. The molecule has 0 spiro atoms. The normalized spacial score (nSPS) is 25.4. The summed E-state index contributed by atoms with van der Waals surface area (Å²) in [7, 11) is 0. The number of ether oxygens (including phenoxy) is 10. The van der Waals surface area contributed by atoms with E-state index in [-0.39, 0.29) is 11.3 Å². The molecule has 0 N–H and O–H groups in total. The minimum absolute atomic E-state index is 0.166. The average molecular weight is 890 g/mol. The van der Waals surface area contributed by atoms with Crippen LogP contribution in [0.15, 0.2) is 40.3 Å². The Morgan fingerprint density at radius 1 is 0.613 bits per heavy atom. The van der Waals surface area contributed by atoms with Crippen LogP contribution in [0.5, 0.6) is 0 Å². The van der Waals surface area contributed by atoms with E-state index in [0.717, 1.165) is 60.0 Å². The van der Waals surface area contributed by atoms with E-state index >= 15 is 0 Å². The summed E-state index contributed by atoms with van der Waals surface area (Å²) in [6.07, 6.45) is -14.9. The maximum absolute atomic E-state index is 13.9. The van der Waals surface area contributed by atoms with Gasteiger partial charge in [0, 0.05) is 55.4 Å². The summed E-state index contributed by atoms with van der Waals surface area (Å²) in [6.45, 7) is 7.00. The highest BCUT2D eigenvalue weighted by Crippen LogP contribution is 2.43. The number of thioether (sulfide) groups is 1. The Hall–Kier alpha value is -6.38. The van der Waals surface area contributed by atoms with Crippen molar-refractivity contribution in [1.82, 2.24) is 9.55 Å². The van der Waals surface area contributed by atoms with Crippen LogP contribution in [0.25, 0.3) is 11.3 Å². The van der Waals surface area contributed by atoms with Crippen LogP contribution in [0.2, 0.25) is 0 Å². The summed E-state index contributed by atoms with van der Waals surface area (Å²) < 4.78 is 57.9. The molecule has 10 atom stereocenters. The number of hydrogen-bond donors (Lipinski definition) is 0. The van der Waals surface area contributed by atoms with Crippen LogP contribution in [0, 0.1) is 11.3 Å². The van der Waals surface area contributed by atoms with Gasteiger partial charge in [0.05, 0.1) is 5.69 Å². The highest BCUT2D eigenvalue weighted by Gasteiger charge is 2.56. The molecular formula is C39H43N3O19S. The summed E-state index contributed by atoms with van der Waals surface area (Å²) in [6, 6.07) is 9.58. The molecule has 23 heteroatoms. The number of aromatic nitrogens is 2. The number of hydrogen-bond acceptors (Lipinski definition) is 22. The fourth-order valence-corrected chi connectivity index (χ4v) is 7.81. The number of carbonyl (C=O) groups is 8. The van der Waals surface area contributed by atoms with Crippen molar-refractivity contribution in [1.29, 1.82) is 5.26 Å². The number of rotatable bonds is 14. The maximum Gasteiger partial charge on any atom is 0.303 e. The first-order chi connectivity index (χ1) is 29.2. The van der Waals surface area contributed by atoms with E-state index in [1.807, 2.05) is 6.07 Å². The first kappa shape index (κ1) is 48.3. The number of nitriles is 1. The lowest BCUT2D eigenvalue weighted by molar-refractivity contribution is -0.269. The Labute approximate surface area is 357 Å². The molecule has 0 saturated carbocycles. The van der Waals surface area contributed by atoms with Crippen molar-refractivity contribution in [3.8, 4) is 17.3 Å². The van der Waals surface area contributed by atoms with Crippen LogP contribution >= 0.6 is 11.8 Å². The van der Waals surface area contributed by atoms with Crippen molar-refractivity contribution >= 4 is 59.5 Å². The molecule has 0 amide bonds. The Bertz CT molecular complexity index is 2160. The van der Waals surface area contributed by atoms with E-state index in [4.69, 9.17) is 47.4 Å². The van der Waals surface area contributed by atoms with Crippen LogP contribution < -0.4 is 5.56 Å². The van der Waals surface area contributed by atoms with Gasteiger partial charge in [-0.1, -0.05) is 42.1 Å². The summed E-state index contributed by atoms with van der Waals surface area (Å²) in [5.74, 6) is -7.22. The van der Waals surface area contributed by atoms with E-state index in [9.17, 15) is 48.4 Å². The zero-order chi connectivity index (χ0) is 46.0. The molecule has 1 aromatic heterocycles. The van der Waals surface area contributed by atoms with Crippen molar-refractivity contribution in [2.24, 2.45) is 0 Å². The second-order valence-electron chi connectivity index (χ2n) is 13.5. The third kappa shape index (κ3) is 12.4. The Morgan fingerprint density at radius 2 is 1.03 bits per heavy atom. The molecule has 4 rings (SSSR count). The highest BCUT2D eigenvalue weighted by atomic mass is 32.2. The molecule has 2 aliphatic rings. The molecule has 1 aromatic carbocycles. The van der Waals surface area contributed by atoms with E-state index < -0.39 is 138 Å². The van der Waals surface area contributed by atoms with E-state index in [0.29, 0.717) is 11.8 Å². The van der Waals surface area contributed by atoms with Gasteiger partial charge in [0.1, 0.15) is 37.1 Å². The topological polar surface area (TPSA) is 288 Å². The number of benzene rings is 1. The Kier molecular flexibility index (Phi) is 16.7. The van der Waals surface area contributed by atoms with Gasteiger partial charge in [-0.05, 0) is 5.56 Å². The van der Waals surface area contributed by atoms with Crippen LogP contribution in [0.3, 0.4) is 0 Å². The molecule has 0 radical (unpaired) electrons. The third-order valence-electron chi connectivity index (χ3n) is 8.64. The van der Waals surface area contributed by atoms with Gasteiger partial charge in [-0.15, -0.1) is 0 Å². The molecular weight excluding hydrogens is 846 g/mol. The molecule has 2 fully saturated rings. The maximum atomic E-state index is 13.9. The van der Waals surface area contributed by atoms with Gasteiger partial charge in [0.15, 0.2) is 53.4 Å². The second-order valence-corrected chi connectivity index (χ2v) is 14.6. The van der Waals surface area contributed by atoms with E-state index in [1.54, 1.807) is 18.2 Å². The van der Waals surface area contributed by atoms with Gasteiger partial charge in [-0.25, -0.2) is 0 Å². The van der Waals surface area contributed by atoms with Crippen LogP contribution in [-0.2, 0) is 85.7 Å². The fraction of sp³-hybridized carbons (Fsp3) is 0.513. The van der Waals surface area contributed by atoms with Gasteiger partial charge in [-0.2, -0.15) is 10.2 Å². The predicted molar refractivity (Wildman–Crippen MR) is 204 cm³/mol. The van der Waals surface area contributed by atoms with Gasteiger partial charge >= 0.3 is 47.8 Å². The predicted octanol–water partition coefficient (Wildman–Crippen LogP) is 1.21. The molecule has 2 aliphatic heterocycles. The molecule has 334 valence electrons. The first-order valence-electron chi connectivity index (χ1n) is 18.6. The molecule has 0 unspecified atom stereocenters. The van der Waals surface area contributed by atoms with Crippen molar-refractivity contribution < 1.29 is 85.7 Å². The summed E-state index contributed by atoms with van der Waals surface area (Å²) in [4.78, 5) is 118. The van der Waals surface area contributed by atoms with Crippen LogP contribution in [-0.4, -0.2) is 125 Å². The van der Waals surface area contributed by atoms with Gasteiger partial charge in [0.25, 0.3) is 5.56 Å². The monoisotopic (exact) mass is 889 g/mol. The lowest BCUT2D eigenvalue weighted by atomic mass is 9.96. The Morgan fingerprint density at radius 3 is 1.48 bits per heavy atom. The molecule has 2 saturated heterocycles. The van der Waals surface area contributed by atoms with Crippen molar-refractivity contribution in [2.75, 3.05) is 13.2 Å². The van der Waals surface area contributed by atoms with E-state index in [2.05, 4.69) is 4.98 Å². The minimum Gasteiger partial charge on any atom is -0.463 e. The zero-order valence-electron chi connectivity index (χ0n) is 34.6. The van der Waals surface area contributed by atoms with Crippen LogP contribution in [0.1, 0.15) is 67.2 Å². The molecule has 0 aliphatic carbocycles. The standard InChI is InChI=1S/C39H43N3O19S/c1-17(43)52-15-27-30(54-19(3)45)32(56-21(5)47)34(58-23(7)49)37(60-27)42-29(25-12-10-9-11-13-25)26(14-40)36(51)41-39(42)62-38-35(59-24(8)50)33(57-22(6)48)31(55-20(4)46)28(61-38)16-53-18(2)44/h9-13,27-28,30-35,37-38H,15-16H2,1-8H3/t27-,28-,30-,31-,32+,33+,34-,35-,37-,38+/m1/s1. The zero-order valence-corrected chi connectivity index (χ0v) is 35.4. The van der Waals surface area contributed by atoms with Crippen molar-refractivity contribution in [3.05, 3.63) is 46.2 Å². The lowest BCUT2D eigenvalue weighted by Crippen LogP contribution is -2.62. The molecule has 62 heavy (non-hydrogen) atoms. The number of carbonyl (C=O) groups excluding carboxylic acids is 8. The fourth-order valence-electron chi connectivity index (χ4n) is 6.61. The van der Waals surface area contributed by atoms with Gasteiger partial charge < -0.3 is 47.4 Å². The lowest BCUT2D eigenvalue weighted by Gasteiger charge is -2.46. The summed E-state index contributed by atoms with van der Waals surface area (Å²) >= 11 is 0.506. The molecule has 0 bridgehead atoms. The van der Waals surface area contributed by atoms with Gasteiger partial charge in [-0.3, -0.25) is 47.7 Å². The minimum atomic E-state index is -1.83. The van der Waals surface area contributed by atoms with E-state index in [1.165, 1.54) is 12.1 Å². The number of nitrogens with zero attached hydrogens (tertiary/aromatic N) is 3. The van der Waals surface area contributed by atoms with Gasteiger partial charge in [0.2, 0.25) is 0 Å². The molecule has 3 heterocycles. The summed E-state index contributed by atoms with van der Waals surface area (Å²) in [5, 5.41) is 10.0. The third-order valence-corrected chi connectivity index (χ3v) is 9.75. The van der Waals surface area contributed by atoms with Crippen molar-refractivity contribution in [3.63, 3.8) is 0 Å². The first-order valence-corrected chi connectivity index (χ1v) is 19.5.